The first-order valence-electron chi connectivity index (χ1n) is 12.3. The van der Waals surface area contributed by atoms with E-state index in [1.165, 1.54) is 119 Å². The van der Waals surface area contributed by atoms with Gasteiger partial charge in [-0.3, -0.25) is 0 Å². The van der Waals surface area contributed by atoms with Crippen LogP contribution in [-0.4, -0.2) is 0 Å². The third-order valence-electron chi connectivity index (χ3n) is 6.10. The lowest BCUT2D eigenvalue weighted by atomic mass is 10.0. The average molecular weight is 393 g/mol. The van der Waals surface area contributed by atoms with Crippen molar-refractivity contribution in [3.05, 3.63) is 70.8 Å². The first kappa shape index (κ1) is 23.7. The van der Waals surface area contributed by atoms with Crippen molar-refractivity contribution in [2.45, 2.75) is 110 Å². The molecule has 0 fully saturated rings. The number of benzene rings is 2. The molecule has 0 aromatic heterocycles. The van der Waals surface area contributed by atoms with E-state index in [1.54, 1.807) is 0 Å². The normalized spacial score (nSPS) is 11.1. The molecule has 0 heteroatoms. The summed E-state index contributed by atoms with van der Waals surface area (Å²) >= 11 is 0. The summed E-state index contributed by atoms with van der Waals surface area (Å²) in [6.45, 7) is 4.38. The summed E-state index contributed by atoms with van der Waals surface area (Å²) in [7, 11) is 0. The molecule has 0 aliphatic rings. The molecule has 0 saturated heterocycles. The van der Waals surface area contributed by atoms with Crippen molar-refractivity contribution < 1.29 is 0 Å². The summed E-state index contributed by atoms with van der Waals surface area (Å²) in [5.41, 5.74) is 5.81. The summed E-state index contributed by atoms with van der Waals surface area (Å²) in [4.78, 5) is 0. The average Bonchev–Trinajstić information content (AvgIpc) is 2.71. The Bertz CT molecular complexity index is 597. The summed E-state index contributed by atoms with van der Waals surface area (Å²) in [6, 6.07) is 18.0. The molecule has 2 rings (SSSR count). The van der Waals surface area contributed by atoms with Gasteiger partial charge < -0.3 is 0 Å². The second-order valence-corrected chi connectivity index (χ2v) is 9.07. The van der Waals surface area contributed by atoms with Crippen LogP contribution in [0.2, 0.25) is 0 Å². The molecule has 2 aromatic carbocycles. The van der Waals surface area contributed by atoms with Gasteiger partial charge in [0.15, 0.2) is 0 Å². The third kappa shape index (κ3) is 11.9. The summed E-state index contributed by atoms with van der Waals surface area (Å²) in [6.07, 6.45) is 21.0. The van der Waals surface area contributed by atoms with Crippen molar-refractivity contribution in [3.63, 3.8) is 0 Å². The molecule has 0 atom stereocenters. The van der Waals surface area contributed by atoms with Gasteiger partial charge in [-0.1, -0.05) is 130 Å². The fraction of sp³-hybridized carbons (Fsp3) is 0.586. The zero-order valence-corrected chi connectivity index (χ0v) is 19.2. The Morgan fingerprint density at radius 1 is 0.414 bits per heavy atom. The molecule has 0 N–H and O–H groups in total. The van der Waals surface area contributed by atoms with E-state index < -0.39 is 0 Å². The largest absolute Gasteiger partial charge is 0.0617 e. The molecule has 0 amide bonds. The van der Waals surface area contributed by atoms with Crippen LogP contribution >= 0.6 is 0 Å². The van der Waals surface area contributed by atoms with Crippen LogP contribution in [0, 0.1) is 13.8 Å². The highest BCUT2D eigenvalue weighted by molar-refractivity contribution is 5.22. The first-order valence-corrected chi connectivity index (χ1v) is 12.3. The Kier molecular flexibility index (Phi) is 12.5. The van der Waals surface area contributed by atoms with Gasteiger partial charge in [0.05, 0.1) is 0 Å². The zero-order valence-electron chi connectivity index (χ0n) is 19.2. The Hall–Kier alpha value is -1.56. The smallest absolute Gasteiger partial charge is 0.0279 e. The topological polar surface area (TPSA) is 0 Å². The van der Waals surface area contributed by atoms with E-state index in [2.05, 4.69) is 62.4 Å². The molecule has 160 valence electrons. The predicted octanol–water partition coefficient (Wildman–Crippen LogP) is 9.16. The number of unbranched alkanes of at least 4 members (excludes halogenated alkanes) is 12. The Labute approximate surface area is 181 Å². The molecule has 0 aliphatic carbocycles. The molecule has 0 nitrogen and oxygen atoms in total. The van der Waals surface area contributed by atoms with Crippen LogP contribution in [0.1, 0.15) is 106 Å². The van der Waals surface area contributed by atoms with E-state index in [0.717, 1.165) is 0 Å². The first-order chi connectivity index (χ1) is 14.2. The molecule has 2 aromatic rings. The molecule has 0 heterocycles. The Morgan fingerprint density at radius 3 is 1.03 bits per heavy atom. The van der Waals surface area contributed by atoms with Crippen molar-refractivity contribution in [1.29, 1.82) is 0 Å². The van der Waals surface area contributed by atoms with Crippen LogP contribution in [0.4, 0.5) is 0 Å². The van der Waals surface area contributed by atoms with E-state index in [-0.39, 0.29) is 0 Å². The molecule has 0 spiro atoms. The highest BCUT2D eigenvalue weighted by atomic mass is 14.0. The van der Waals surface area contributed by atoms with Crippen LogP contribution in [0.3, 0.4) is 0 Å². The molecule has 0 aliphatic heterocycles. The summed E-state index contributed by atoms with van der Waals surface area (Å²) in [5, 5.41) is 0. The fourth-order valence-electron chi connectivity index (χ4n) is 4.34. The van der Waals surface area contributed by atoms with Crippen LogP contribution in [-0.2, 0) is 12.8 Å². The lowest BCUT2D eigenvalue weighted by Gasteiger charge is -2.05. The van der Waals surface area contributed by atoms with Crippen molar-refractivity contribution in [2.75, 3.05) is 0 Å². The minimum atomic E-state index is 1.26. The molecule has 0 bridgehead atoms. The minimum absolute atomic E-state index is 1.26. The van der Waals surface area contributed by atoms with Gasteiger partial charge in [0.2, 0.25) is 0 Å². The van der Waals surface area contributed by atoms with Gasteiger partial charge in [-0.05, 0) is 50.7 Å². The van der Waals surface area contributed by atoms with Crippen molar-refractivity contribution in [1.82, 2.24) is 0 Å². The van der Waals surface area contributed by atoms with Crippen molar-refractivity contribution >= 4 is 0 Å². The van der Waals surface area contributed by atoms with Gasteiger partial charge in [0, 0.05) is 0 Å². The third-order valence-corrected chi connectivity index (χ3v) is 6.10. The molecule has 29 heavy (non-hydrogen) atoms. The fourth-order valence-corrected chi connectivity index (χ4v) is 4.34. The van der Waals surface area contributed by atoms with Gasteiger partial charge in [-0.15, -0.1) is 0 Å². The second-order valence-electron chi connectivity index (χ2n) is 9.07. The van der Waals surface area contributed by atoms with Gasteiger partial charge >= 0.3 is 0 Å². The highest BCUT2D eigenvalue weighted by Crippen LogP contribution is 2.15. The summed E-state index contributed by atoms with van der Waals surface area (Å²) < 4.78 is 0. The molecular weight excluding hydrogens is 348 g/mol. The summed E-state index contributed by atoms with van der Waals surface area (Å²) in [5.74, 6) is 0. The number of rotatable bonds is 16. The quantitative estimate of drug-likeness (QED) is 0.250. The van der Waals surface area contributed by atoms with Crippen LogP contribution in [0.15, 0.2) is 48.5 Å². The number of hydrogen-bond acceptors (Lipinski definition) is 0. The second kappa shape index (κ2) is 15.3. The predicted molar refractivity (Wildman–Crippen MR) is 130 cm³/mol. The SMILES string of the molecule is Cc1cccc(CCCCCCCCCCCCCCCc2cccc(C)c2)c1. The van der Waals surface area contributed by atoms with E-state index in [4.69, 9.17) is 0 Å². The van der Waals surface area contributed by atoms with Gasteiger partial charge in [0.25, 0.3) is 0 Å². The van der Waals surface area contributed by atoms with E-state index in [0.29, 0.717) is 0 Å². The van der Waals surface area contributed by atoms with Crippen LogP contribution in [0.25, 0.3) is 0 Å². The minimum Gasteiger partial charge on any atom is -0.0617 e. The molecule has 0 unspecified atom stereocenters. The molecule has 0 saturated carbocycles. The maximum absolute atomic E-state index is 2.34. The Balaban J connectivity index is 1.30. The van der Waals surface area contributed by atoms with E-state index in [9.17, 15) is 0 Å². The molecular formula is C29H44. The van der Waals surface area contributed by atoms with E-state index in [1.807, 2.05) is 0 Å². The van der Waals surface area contributed by atoms with Crippen LogP contribution in [0.5, 0.6) is 0 Å². The van der Waals surface area contributed by atoms with Gasteiger partial charge in [-0.2, -0.15) is 0 Å². The lowest BCUT2D eigenvalue weighted by molar-refractivity contribution is 0.536. The number of hydrogen-bond donors (Lipinski definition) is 0. The number of aryl methyl sites for hydroxylation is 4. The maximum Gasteiger partial charge on any atom is -0.0279 e. The van der Waals surface area contributed by atoms with Crippen LogP contribution < -0.4 is 0 Å². The zero-order chi connectivity index (χ0) is 20.6. The van der Waals surface area contributed by atoms with Crippen molar-refractivity contribution in [3.8, 4) is 0 Å². The highest BCUT2D eigenvalue weighted by Gasteiger charge is 1.97. The van der Waals surface area contributed by atoms with Crippen molar-refractivity contribution in [2.24, 2.45) is 0 Å². The standard InChI is InChI=1S/C29H44/c1-26-18-16-22-28(24-26)20-14-12-10-8-6-4-3-5-7-9-11-13-15-21-29-23-17-19-27(2)25-29/h16-19,22-25H,3-15,20-21H2,1-2H3. The maximum atomic E-state index is 2.34. The molecule has 0 radical (unpaired) electrons. The van der Waals surface area contributed by atoms with E-state index >= 15 is 0 Å². The lowest BCUT2D eigenvalue weighted by Crippen LogP contribution is -1.88. The van der Waals surface area contributed by atoms with Gasteiger partial charge in [-0.25, -0.2) is 0 Å². The van der Waals surface area contributed by atoms with Gasteiger partial charge in [0.1, 0.15) is 0 Å². The Morgan fingerprint density at radius 2 is 0.724 bits per heavy atom. The monoisotopic (exact) mass is 392 g/mol.